The number of imidazole rings is 1. The van der Waals surface area contributed by atoms with Crippen molar-refractivity contribution in [3.63, 3.8) is 0 Å². The molecular formula is C10H15N3O. The van der Waals surface area contributed by atoms with Crippen LogP contribution < -0.4 is 5.73 Å². The van der Waals surface area contributed by atoms with Crippen molar-refractivity contribution in [2.24, 2.45) is 5.73 Å². The van der Waals surface area contributed by atoms with Crippen LogP contribution in [0.1, 0.15) is 13.8 Å². The number of nitrogens with two attached hydrogens (primary N) is 1. The third kappa shape index (κ3) is 1.58. The van der Waals surface area contributed by atoms with Crippen molar-refractivity contribution in [2.45, 2.75) is 25.5 Å². The molecule has 0 aliphatic carbocycles. The molecule has 4 nitrogen and oxygen atoms in total. The van der Waals surface area contributed by atoms with Gasteiger partial charge in [-0.25, -0.2) is 4.98 Å². The van der Waals surface area contributed by atoms with Crippen molar-refractivity contribution in [3.05, 3.63) is 24.8 Å². The average molecular weight is 193 g/mol. The van der Waals surface area contributed by atoms with E-state index in [-0.39, 0.29) is 11.6 Å². The smallest absolute Gasteiger partial charge is 0.0989 e. The molecule has 0 bridgehead atoms. The molecule has 1 aliphatic heterocycles. The Balaban J connectivity index is 2.25. The molecule has 0 spiro atoms. The standard InChI is InChI=1S/C10H15N3O/c1-10(2)9(11)5-8(6-14-10)13-4-3-12-7-13/h3-5,7,9H,6,11H2,1-2H3. The predicted molar refractivity (Wildman–Crippen MR) is 54.5 cm³/mol. The molecule has 1 aliphatic rings. The van der Waals surface area contributed by atoms with Crippen LogP contribution in [-0.4, -0.2) is 27.8 Å². The first-order chi connectivity index (χ1) is 6.59. The van der Waals surface area contributed by atoms with Crippen molar-refractivity contribution < 1.29 is 4.74 Å². The summed E-state index contributed by atoms with van der Waals surface area (Å²) in [5, 5.41) is 0. The van der Waals surface area contributed by atoms with E-state index in [0.29, 0.717) is 6.61 Å². The summed E-state index contributed by atoms with van der Waals surface area (Å²) in [7, 11) is 0. The molecule has 14 heavy (non-hydrogen) atoms. The zero-order chi connectivity index (χ0) is 10.2. The van der Waals surface area contributed by atoms with Gasteiger partial charge >= 0.3 is 0 Å². The Morgan fingerprint density at radius 2 is 2.43 bits per heavy atom. The Morgan fingerprint density at radius 1 is 1.64 bits per heavy atom. The van der Waals surface area contributed by atoms with E-state index in [1.807, 2.05) is 30.7 Å². The molecule has 1 aromatic heterocycles. The molecule has 0 saturated heterocycles. The highest BCUT2D eigenvalue weighted by Crippen LogP contribution is 2.23. The number of rotatable bonds is 1. The number of ether oxygens (including phenoxy) is 1. The minimum Gasteiger partial charge on any atom is -0.367 e. The first-order valence-corrected chi connectivity index (χ1v) is 4.68. The minimum absolute atomic E-state index is 0.0753. The molecule has 4 heteroatoms. The van der Waals surface area contributed by atoms with Gasteiger partial charge in [-0.3, -0.25) is 0 Å². The lowest BCUT2D eigenvalue weighted by Gasteiger charge is -2.35. The number of hydrogen-bond acceptors (Lipinski definition) is 3. The molecule has 0 amide bonds. The molecule has 1 aromatic rings. The van der Waals surface area contributed by atoms with Gasteiger partial charge in [0, 0.05) is 18.1 Å². The fourth-order valence-corrected chi connectivity index (χ4v) is 1.40. The van der Waals surface area contributed by atoms with Gasteiger partial charge in [0.2, 0.25) is 0 Å². The summed E-state index contributed by atoms with van der Waals surface area (Å²) in [5.74, 6) is 0. The van der Waals surface area contributed by atoms with E-state index in [0.717, 1.165) is 5.70 Å². The van der Waals surface area contributed by atoms with E-state index in [9.17, 15) is 0 Å². The van der Waals surface area contributed by atoms with Crippen LogP contribution in [0.25, 0.3) is 5.70 Å². The Kier molecular flexibility index (Phi) is 2.17. The Labute approximate surface area is 83.4 Å². The maximum absolute atomic E-state index is 5.97. The van der Waals surface area contributed by atoms with E-state index in [4.69, 9.17) is 10.5 Å². The fourth-order valence-electron chi connectivity index (χ4n) is 1.40. The minimum atomic E-state index is -0.274. The summed E-state index contributed by atoms with van der Waals surface area (Å²) in [6.07, 6.45) is 7.41. The van der Waals surface area contributed by atoms with Crippen molar-refractivity contribution >= 4 is 5.70 Å². The van der Waals surface area contributed by atoms with E-state index in [1.54, 1.807) is 12.5 Å². The van der Waals surface area contributed by atoms with E-state index < -0.39 is 0 Å². The van der Waals surface area contributed by atoms with Gasteiger partial charge in [-0.1, -0.05) is 0 Å². The van der Waals surface area contributed by atoms with Crippen LogP contribution >= 0.6 is 0 Å². The van der Waals surface area contributed by atoms with Crippen LogP contribution in [0.5, 0.6) is 0 Å². The summed E-state index contributed by atoms with van der Waals surface area (Å²) < 4.78 is 7.60. The number of aromatic nitrogens is 2. The molecule has 1 atom stereocenters. The second-order valence-corrected chi connectivity index (χ2v) is 4.05. The summed E-state index contributed by atoms with van der Waals surface area (Å²) in [4.78, 5) is 3.98. The van der Waals surface area contributed by atoms with Crippen LogP contribution in [0.15, 0.2) is 24.8 Å². The lowest BCUT2D eigenvalue weighted by Crippen LogP contribution is -2.47. The third-order valence-corrected chi connectivity index (χ3v) is 2.60. The maximum atomic E-state index is 5.97. The Hall–Kier alpha value is -1.13. The fraction of sp³-hybridized carbons (Fsp3) is 0.500. The van der Waals surface area contributed by atoms with Crippen LogP contribution in [0.2, 0.25) is 0 Å². The maximum Gasteiger partial charge on any atom is 0.0989 e. The van der Waals surface area contributed by atoms with Gasteiger partial charge in [0.15, 0.2) is 0 Å². The molecule has 0 fully saturated rings. The first kappa shape index (κ1) is 9.43. The summed E-state index contributed by atoms with van der Waals surface area (Å²) >= 11 is 0. The molecule has 2 N–H and O–H groups in total. The quantitative estimate of drug-likeness (QED) is 0.719. The summed E-state index contributed by atoms with van der Waals surface area (Å²) in [6, 6.07) is -0.0753. The Morgan fingerprint density at radius 3 is 3.00 bits per heavy atom. The topological polar surface area (TPSA) is 53.1 Å². The average Bonchev–Trinajstić information content (AvgIpc) is 2.62. The number of hydrogen-bond donors (Lipinski definition) is 1. The second-order valence-electron chi connectivity index (χ2n) is 4.05. The van der Waals surface area contributed by atoms with E-state index >= 15 is 0 Å². The van der Waals surface area contributed by atoms with Gasteiger partial charge in [-0.05, 0) is 19.9 Å². The largest absolute Gasteiger partial charge is 0.367 e. The molecule has 1 unspecified atom stereocenters. The van der Waals surface area contributed by atoms with Crippen molar-refractivity contribution in [2.75, 3.05) is 6.61 Å². The van der Waals surface area contributed by atoms with Gasteiger partial charge in [0.25, 0.3) is 0 Å². The van der Waals surface area contributed by atoms with Crippen LogP contribution in [-0.2, 0) is 4.74 Å². The Bertz CT molecular complexity index is 340. The van der Waals surface area contributed by atoms with Crippen molar-refractivity contribution in [3.8, 4) is 0 Å². The molecule has 76 valence electrons. The molecule has 0 radical (unpaired) electrons. The van der Waals surface area contributed by atoms with Gasteiger partial charge < -0.3 is 15.0 Å². The zero-order valence-electron chi connectivity index (χ0n) is 8.47. The molecular weight excluding hydrogens is 178 g/mol. The van der Waals surface area contributed by atoms with E-state index in [1.165, 1.54) is 0 Å². The monoisotopic (exact) mass is 193 g/mol. The molecule has 2 rings (SSSR count). The zero-order valence-corrected chi connectivity index (χ0v) is 8.47. The third-order valence-electron chi connectivity index (χ3n) is 2.60. The summed E-state index contributed by atoms with van der Waals surface area (Å²) in [5.41, 5.74) is 6.75. The van der Waals surface area contributed by atoms with Crippen molar-refractivity contribution in [1.82, 2.24) is 9.55 Å². The lowest BCUT2D eigenvalue weighted by molar-refractivity contribution is -0.0161. The van der Waals surface area contributed by atoms with Gasteiger partial charge in [-0.15, -0.1) is 0 Å². The molecule has 2 heterocycles. The highest BCUT2D eigenvalue weighted by molar-refractivity contribution is 5.49. The first-order valence-electron chi connectivity index (χ1n) is 4.68. The predicted octanol–water partition coefficient (Wildman–Crippen LogP) is 0.860. The molecule has 0 aromatic carbocycles. The van der Waals surface area contributed by atoms with E-state index in [2.05, 4.69) is 4.98 Å². The van der Waals surface area contributed by atoms with Gasteiger partial charge in [-0.2, -0.15) is 0 Å². The number of nitrogens with zero attached hydrogens (tertiary/aromatic N) is 2. The van der Waals surface area contributed by atoms with Crippen LogP contribution in [0, 0.1) is 0 Å². The second kappa shape index (κ2) is 3.22. The van der Waals surface area contributed by atoms with Crippen molar-refractivity contribution in [1.29, 1.82) is 0 Å². The highest BCUT2D eigenvalue weighted by Gasteiger charge is 2.30. The lowest BCUT2D eigenvalue weighted by atomic mass is 9.96. The van der Waals surface area contributed by atoms with Gasteiger partial charge in [0.1, 0.15) is 0 Å². The normalized spacial score (nSPS) is 25.9. The molecule has 0 saturated carbocycles. The van der Waals surface area contributed by atoms with Crippen LogP contribution in [0.3, 0.4) is 0 Å². The van der Waals surface area contributed by atoms with Gasteiger partial charge in [0.05, 0.1) is 24.6 Å². The SMILES string of the molecule is CC1(C)OCC(n2ccnc2)=CC1N. The van der Waals surface area contributed by atoms with Crippen LogP contribution in [0.4, 0.5) is 0 Å². The summed E-state index contributed by atoms with van der Waals surface area (Å²) in [6.45, 7) is 4.58. The highest BCUT2D eigenvalue weighted by atomic mass is 16.5.